The van der Waals surface area contributed by atoms with E-state index < -0.39 is 0 Å². The Morgan fingerprint density at radius 3 is 2.16 bits per heavy atom. The van der Waals surface area contributed by atoms with Gasteiger partial charge in [0.1, 0.15) is 28.8 Å². The third kappa shape index (κ3) is 16.4. The van der Waals surface area contributed by atoms with Gasteiger partial charge in [-0.05, 0) is 119 Å². The Balaban J connectivity index is 0.000000580. The van der Waals surface area contributed by atoms with Crippen LogP contribution in [0.25, 0.3) is 0 Å². The number of anilines is 2. The second-order valence-electron chi connectivity index (χ2n) is 13.9. The van der Waals surface area contributed by atoms with Gasteiger partial charge in [-0.15, -0.1) is 0 Å². The molecule has 0 saturated heterocycles. The summed E-state index contributed by atoms with van der Waals surface area (Å²) in [6.45, 7) is 19.2. The molecule has 1 aliphatic carbocycles. The van der Waals surface area contributed by atoms with Gasteiger partial charge >= 0.3 is 0 Å². The maximum absolute atomic E-state index is 13.5. The number of nitrogens with zero attached hydrogens (tertiary/aromatic N) is 4. The highest BCUT2D eigenvalue weighted by Crippen LogP contribution is 2.30. The molecule has 0 heterocycles. The Hall–Kier alpha value is -5.22. The van der Waals surface area contributed by atoms with Gasteiger partial charge in [-0.25, -0.2) is 9.38 Å². The number of rotatable bonds is 17. The highest BCUT2D eigenvalue weighted by molar-refractivity contribution is 6.20. The van der Waals surface area contributed by atoms with Crippen LogP contribution >= 0.6 is 0 Å². The van der Waals surface area contributed by atoms with E-state index in [9.17, 15) is 14.0 Å². The highest BCUT2D eigenvalue weighted by Gasteiger charge is 2.25. The van der Waals surface area contributed by atoms with Gasteiger partial charge in [0, 0.05) is 43.3 Å². The van der Waals surface area contributed by atoms with Crippen LogP contribution in [-0.4, -0.2) is 56.2 Å². The van der Waals surface area contributed by atoms with Crippen LogP contribution < -0.4 is 25.0 Å². The van der Waals surface area contributed by atoms with Gasteiger partial charge in [0.05, 0.1) is 12.3 Å². The van der Waals surface area contributed by atoms with Gasteiger partial charge in [0.15, 0.2) is 11.6 Å². The minimum atomic E-state index is -0.376. The molecule has 1 amide bonds. The van der Waals surface area contributed by atoms with Gasteiger partial charge < -0.3 is 20.1 Å². The summed E-state index contributed by atoms with van der Waals surface area (Å²) in [5.74, 6) is 2.31. The number of carbonyl (C=O) groups excluding carboxylic acids is 2. The number of allylic oxidation sites excluding steroid dienone is 2. The number of hydrogen-bond donors (Lipinski definition) is 1. The quantitative estimate of drug-likeness (QED) is 0.0634. The molecule has 0 radical (unpaired) electrons. The summed E-state index contributed by atoms with van der Waals surface area (Å²) in [5.41, 5.74) is 9.58. The number of ether oxygens (including phenoxy) is 2. The van der Waals surface area contributed by atoms with Crippen LogP contribution in [0.5, 0.6) is 17.2 Å². The molecule has 0 bridgehead atoms. The van der Waals surface area contributed by atoms with Crippen LogP contribution in [0.1, 0.15) is 79.2 Å². The average molecular weight is 756 g/mol. The van der Waals surface area contributed by atoms with Crippen molar-refractivity contribution in [1.82, 2.24) is 4.90 Å². The summed E-state index contributed by atoms with van der Waals surface area (Å²) < 4.78 is 25.2. The van der Waals surface area contributed by atoms with E-state index in [1.165, 1.54) is 48.9 Å². The van der Waals surface area contributed by atoms with E-state index >= 15 is 0 Å². The van der Waals surface area contributed by atoms with E-state index in [1.807, 2.05) is 55.3 Å². The molecular weight excluding hydrogens is 694 g/mol. The van der Waals surface area contributed by atoms with Crippen molar-refractivity contribution < 1.29 is 23.5 Å². The lowest BCUT2D eigenvalue weighted by Gasteiger charge is -2.29. The van der Waals surface area contributed by atoms with Crippen LogP contribution in [0.3, 0.4) is 0 Å². The van der Waals surface area contributed by atoms with E-state index in [0.717, 1.165) is 36.0 Å². The zero-order chi connectivity index (χ0) is 40.9. The number of hydrogen-bond acceptors (Lipinski definition) is 8. The first kappa shape index (κ1) is 45.9. The van der Waals surface area contributed by atoms with Gasteiger partial charge in [-0.2, -0.15) is 0 Å². The summed E-state index contributed by atoms with van der Waals surface area (Å²) in [6.07, 6.45) is 11.9. The molecule has 55 heavy (non-hydrogen) atoms. The number of amidine groups is 1. The van der Waals surface area contributed by atoms with Crippen molar-refractivity contribution in [3.05, 3.63) is 114 Å². The fraction of sp³-hybridized carbons (Fsp3) is 0.400. The van der Waals surface area contributed by atoms with Gasteiger partial charge in [0.25, 0.3) is 0 Å². The molecule has 3 aromatic rings. The standard InChI is InChI=1S/C32H37FN4O3.C9H15NO.C4H10/c1-7-35-32(37(21-38)27-13-16-30(23(4)19-27)39-18-17-22(2)3)31(24(5)34)36(6)26-11-14-28(15-12-26)40-29-10-8-9-25(33)20-29;1-8(11)4-3-7-10(2)9-5-6-9;1-3-4-2/h7-16,19-22H,1,17-18,34H2,2-6H3;3-4,9H,5-7H2,1-2H3;3-4H2,1-2H3/b31-24-,35-32?;4-3+;. The topological polar surface area (TPSA) is 101 Å². The Labute approximate surface area is 329 Å². The molecule has 0 aliphatic heterocycles. The minimum absolute atomic E-state index is 0.134. The summed E-state index contributed by atoms with van der Waals surface area (Å²) in [5, 5.41) is 0. The van der Waals surface area contributed by atoms with Crippen molar-refractivity contribution in [2.24, 2.45) is 16.6 Å². The van der Waals surface area contributed by atoms with Crippen LogP contribution in [-0.2, 0) is 9.59 Å². The fourth-order valence-corrected chi connectivity index (χ4v) is 5.08. The van der Waals surface area contributed by atoms with Crippen LogP contribution in [0, 0.1) is 18.7 Å². The second-order valence-corrected chi connectivity index (χ2v) is 13.9. The molecule has 1 aliphatic rings. The van der Waals surface area contributed by atoms with E-state index in [4.69, 9.17) is 15.2 Å². The molecule has 0 unspecified atom stereocenters. The number of likely N-dealkylation sites (N-methyl/N-ethyl adjacent to an activating group) is 2. The lowest BCUT2D eigenvalue weighted by Crippen LogP contribution is -2.38. The summed E-state index contributed by atoms with van der Waals surface area (Å²) in [7, 11) is 3.93. The number of benzene rings is 3. The largest absolute Gasteiger partial charge is 0.493 e. The number of amides is 1. The van der Waals surface area contributed by atoms with Crippen molar-refractivity contribution in [3.63, 3.8) is 0 Å². The number of carbonyl (C=O) groups is 2. The van der Waals surface area contributed by atoms with Crippen molar-refractivity contribution in [2.75, 3.05) is 37.0 Å². The third-order valence-corrected chi connectivity index (χ3v) is 8.53. The van der Waals surface area contributed by atoms with Crippen molar-refractivity contribution in [3.8, 4) is 17.2 Å². The Kier molecular flexibility index (Phi) is 20.2. The molecule has 3 aromatic carbocycles. The van der Waals surface area contributed by atoms with Crippen molar-refractivity contribution >= 4 is 29.4 Å². The number of ketones is 1. The smallest absolute Gasteiger partial charge is 0.219 e. The monoisotopic (exact) mass is 755 g/mol. The van der Waals surface area contributed by atoms with Crippen LogP contribution in [0.2, 0.25) is 0 Å². The number of nitrogens with two attached hydrogens (primary N) is 1. The maximum Gasteiger partial charge on any atom is 0.219 e. The molecule has 298 valence electrons. The fourth-order valence-electron chi connectivity index (χ4n) is 5.08. The number of aryl methyl sites for hydroxylation is 1. The van der Waals surface area contributed by atoms with Crippen LogP contribution in [0.15, 0.2) is 108 Å². The Morgan fingerprint density at radius 2 is 1.65 bits per heavy atom. The zero-order valence-electron chi connectivity index (χ0n) is 34.3. The third-order valence-electron chi connectivity index (χ3n) is 8.53. The molecular formula is C45H62FN5O4. The first-order valence-corrected chi connectivity index (χ1v) is 19.0. The van der Waals surface area contributed by atoms with Gasteiger partial charge in [-0.3, -0.25) is 19.4 Å². The molecule has 0 atom stereocenters. The summed E-state index contributed by atoms with van der Waals surface area (Å²) in [4.78, 5) is 32.9. The van der Waals surface area contributed by atoms with Gasteiger partial charge in [0.2, 0.25) is 6.41 Å². The predicted octanol–water partition coefficient (Wildman–Crippen LogP) is 10.2. The maximum atomic E-state index is 13.5. The zero-order valence-corrected chi connectivity index (χ0v) is 34.3. The molecule has 0 spiro atoms. The lowest BCUT2D eigenvalue weighted by molar-refractivity contribution is -0.112. The average Bonchev–Trinajstić information content (AvgIpc) is 3.99. The van der Waals surface area contributed by atoms with E-state index in [1.54, 1.807) is 44.2 Å². The van der Waals surface area contributed by atoms with Gasteiger partial charge in [-0.1, -0.05) is 59.3 Å². The summed E-state index contributed by atoms with van der Waals surface area (Å²) >= 11 is 0. The van der Waals surface area contributed by atoms with E-state index in [0.29, 0.717) is 53.4 Å². The van der Waals surface area contributed by atoms with Crippen molar-refractivity contribution in [2.45, 2.75) is 86.6 Å². The normalized spacial score (nSPS) is 12.9. The van der Waals surface area contributed by atoms with E-state index in [-0.39, 0.29) is 11.6 Å². The van der Waals surface area contributed by atoms with E-state index in [2.05, 4.69) is 51.2 Å². The molecule has 1 saturated carbocycles. The Bertz CT molecular complexity index is 1740. The molecule has 0 aromatic heterocycles. The predicted molar refractivity (Wildman–Crippen MR) is 227 cm³/mol. The summed E-state index contributed by atoms with van der Waals surface area (Å²) in [6, 6.07) is 19.5. The molecule has 10 heteroatoms. The molecule has 4 rings (SSSR count). The van der Waals surface area contributed by atoms with Crippen molar-refractivity contribution in [1.29, 1.82) is 0 Å². The number of aliphatic imine (C=N–C) groups is 1. The number of halogens is 1. The highest BCUT2D eigenvalue weighted by atomic mass is 19.1. The first-order chi connectivity index (χ1) is 26.3. The second kappa shape index (κ2) is 24.2. The Morgan fingerprint density at radius 1 is 1.00 bits per heavy atom. The lowest BCUT2D eigenvalue weighted by atomic mass is 10.1. The SMILES string of the molecule is C=CN=C(/C(=C(\C)N)N(C)c1ccc(Oc2cccc(F)c2)cc1)N(C=O)c1ccc(OCCC(C)C)c(C)c1.CC(=O)/C=C/CN(C)C1CC1.CCCC. The molecule has 2 N–H and O–H groups in total. The minimum Gasteiger partial charge on any atom is -0.493 e. The number of unbranched alkanes of at least 4 members (excludes halogenated alkanes) is 1. The first-order valence-electron chi connectivity index (χ1n) is 19.0. The molecule has 9 nitrogen and oxygen atoms in total. The van der Waals surface area contributed by atoms with Crippen LogP contribution in [0.4, 0.5) is 15.8 Å². The molecule has 1 fully saturated rings.